The molecule has 2 aromatic rings. The van der Waals surface area contributed by atoms with Crippen LogP contribution in [0.3, 0.4) is 0 Å². The average Bonchev–Trinajstić information content (AvgIpc) is 2.64. The van der Waals surface area contributed by atoms with Crippen LogP contribution < -0.4 is 5.32 Å². The van der Waals surface area contributed by atoms with Gasteiger partial charge in [0.15, 0.2) is 0 Å². The molecule has 0 aliphatic rings. The van der Waals surface area contributed by atoms with Gasteiger partial charge in [-0.1, -0.05) is 21.1 Å². The number of hydrogen-bond donors (Lipinski definition) is 1. The van der Waals surface area contributed by atoms with Crippen molar-refractivity contribution < 1.29 is 4.39 Å². The van der Waals surface area contributed by atoms with E-state index < -0.39 is 0 Å². The second kappa shape index (κ2) is 5.37. The van der Waals surface area contributed by atoms with Crippen LogP contribution in [0.4, 0.5) is 4.39 Å². The first kappa shape index (κ1) is 12.2. The number of rotatable bonds is 4. The van der Waals surface area contributed by atoms with Gasteiger partial charge in [0.1, 0.15) is 5.82 Å². The summed E-state index contributed by atoms with van der Waals surface area (Å²) in [4.78, 5) is 0. The van der Waals surface area contributed by atoms with Gasteiger partial charge in [-0.25, -0.2) is 9.07 Å². The van der Waals surface area contributed by atoms with Crippen LogP contribution in [0.2, 0.25) is 0 Å². The Kier molecular flexibility index (Phi) is 3.86. The summed E-state index contributed by atoms with van der Waals surface area (Å²) < 4.78 is 15.6. The van der Waals surface area contributed by atoms with Gasteiger partial charge in [-0.15, -0.1) is 5.10 Å². The maximum atomic E-state index is 13.2. The predicted octanol–water partition coefficient (Wildman–Crippen LogP) is 1.95. The largest absolute Gasteiger partial charge is 0.314 e. The fraction of sp³-hybridized carbons (Fsp3) is 0.273. The normalized spacial score (nSPS) is 10.8. The van der Waals surface area contributed by atoms with E-state index >= 15 is 0 Å². The van der Waals surface area contributed by atoms with Gasteiger partial charge in [0.2, 0.25) is 0 Å². The molecule has 17 heavy (non-hydrogen) atoms. The zero-order valence-electron chi connectivity index (χ0n) is 9.32. The van der Waals surface area contributed by atoms with Gasteiger partial charge in [0.25, 0.3) is 0 Å². The second-order valence-electron chi connectivity index (χ2n) is 3.72. The van der Waals surface area contributed by atoms with Gasteiger partial charge < -0.3 is 5.32 Å². The van der Waals surface area contributed by atoms with Crippen LogP contribution in [0.5, 0.6) is 0 Å². The van der Waals surface area contributed by atoms with Crippen LogP contribution in [-0.2, 0) is 13.1 Å². The zero-order valence-corrected chi connectivity index (χ0v) is 10.9. The molecule has 2 rings (SSSR count). The third-order valence-corrected chi connectivity index (χ3v) is 2.67. The molecule has 1 N–H and O–H groups in total. The molecule has 0 bridgehead atoms. The molecule has 4 nitrogen and oxygen atoms in total. The summed E-state index contributed by atoms with van der Waals surface area (Å²) in [6.07, 6.45) is 1.84. The van der Waals surface area contributed by atoms with Crippen LogP contribution in [0.15, 0.2) is 28.9 Å². The first-order chi connectivity index (χ1) is 8.17. The quantitative estimate of drug-likeness (QED) is 0.938. The first-order valence-corrected chi connectivity index (χ1v) is 5.95. The van der Waals surface area contributed by atoms with Crippen molar-refractivity contribution in [2.75, 3.05) is 7.05 Å². The molecular formula is C11H12BrFN4. The number of hydrogen-bond acceptors (Lipinski definition) is 3. The molecule has 0 amide bonds. The Morgan fingerprint density at radius 3 is 2.94 bits per heavy atom. The summed E-state index contributed by atoms with van der Waals surface area (Å²) in [5.74, 6) is -0.259. The lowest BCUT2D eigenvalue weighted by atomic mass is 10.2. The van der Waals surface area contributed by atoms with E-state index in [1.165, 1.54) is 12.1 Å². The average molecular weight is 299 g/mol. The highest BCUT2D eigenvalue weighted by atomic mass is 79.9. The van der Waals surface area contributed by atoms with Gasteiger partial charge in [-0.2, -0.15) is 0 Å². The maximum absolute atomic E-state index is 13.2. The molecule has 0 saturated carbocycles. The van der Waals surface area contributed by atoms with E-state index in [2.05, 4.69) is 31.6 Å². The molecule has 0 atom stereocenters. The summed E-state index contributed by atoms with van der Waals surface area (Å²) in [5.41, 5.74) is 1.71. The van der Waals surface area contributed by atoms with Crippen molar-refractivity contribution in [2.24, 2.45) is 0 Å². The Morgan fingerprint density at radius 2 is 2.24 bits per heavy atom. The third-order valence-electron chi connectivity index (χ3n) is 2.21. The molecule has 0 spiro atoms. The highest BCUT2D eigenvalue weighted by molar-refractivity contribution is 9.10. The summed E-state index contributed by atoms with van der Waals surface area (Å²) in [5, 5.41) is 11.0. The number of nitrogens with zero attached hydrogens (tertiary/aromatic N) is 3. The van der Waals surface area contributed by atoms with Gasteiger partial charge in [0, 0.05) is 11.0 Å². The molecule has 0 aliphatic carbocycles. The fourth-order valence-corrected chi connectivity index (χ4v) is 2.08. The van der Waals surface area contributed by atoms with Gasteiger partial charge in [0.05, 0.1) is 18.4 Å². The number of benzene rings is 1. The van der Waals surface area contributed by atoms with Gasteiger partial charge in [-0.3, -0.25) is 0 Å². The molecule has 1 aromatic carbocycles. The van der Waals surface area contributed by atoms with Crippen LogP contribution >= 0.6 is 15.9 Å². The van der Waals surface area contributed by atoms with Crippen molar-refractivity contribution in [2.45, 2.75) is 13.1 Å². The van der Waals surface area contributed by atoms with E-state index in [1.54, 1.807) is 4.68 Å². The van der Waals surface area contributed by atoms with Crippen LogP contribution in [0.1, 0.15) is 11.3 Å². The molecule has 0 saturated heterocycles. The first-order valence-electron chi connectivity index (χ1n) is 5.16. The lowest BCUT2D eigenvalue weighted by molar-refractivity contribution is 0.613. The number of halogens is 2. The summed E-state index contributed by atoms with van der Waals surface area (Å²) in [7, 11) is 1.85. The minimum absolute atomic E-state index is 0.259. The second-order valence-corrected chi connectivity index (χ2v) is 4.63. The number of nitrogens with one attached hydrogen (secondary N) is 1. The van der Waals surface area contributed by atoms with Crippen molar-refractivity contribution in [3.8, 4) is 0 Å². The standard InChI is InChI=1S/C11H12BrFN4/c1-14-5-11-7-17(16-15-11)6-8-2-9(12)4-10(13)3-8/h2-4,7,14H,5-6H2,1H3. The van der Waals surface area contributed by atoms with Crippen molar-refractivity contribution in [3.05, 3.63) is 45.9 Å². The van der Waals surface area contributed by atoms with Crippen molar-refractivity contribution in [3.63, 3.8) is 0 Å². The molecule has 0 fully saturated rings. The van der Waals surface area contributed by atoms with E-state index in [0.29, 0.717) is 13.1 Å². The number of aromatic nitrogens is 3. The Balaban J connectivity index is 2.13. The molecule has 0 radical (unpaired) electrons. The molecule has 0 aliphatic heterocycles. The maximum Gasteiger partial charge on any atom is 0.124 e. The third kappa shape index (κ3) is 3.34. The van der Waals surface area contributed by atoms with Gasteiger partial charge in [-0.05, 0) is 30.8 Å². The Morgan fingerprint density at radius 1 is 1.41 bits per heavy atom. The highest BCUT2D eigenvalue weighted by Gasteiger charge is 2.03. The summed E-state index contributed by atoms with van der Waals surface area (Å²) in [6.45, 7) is 1.18. The van der Waals surface area contributed by atoms with Crippen molar-refractivity contribution in [1.29, 1.82) is 0 Å². The summed E-state index contributed by atoms with van der Waals surface area (Å²) >= 11 is 3.26. The SMILES string of the molecule is CNCc1cn(Cc2cc(F)cc(Br)c2)nn1. The lowest BCUT2D eigenvalue weighted by Gasteiger charge is -2.02. The van der Waals surface area contributed by atoms with E-state index in [4.69, 9.17) is 0 Å². The monoisotopic (exact) mass is 298 g/mol. The van der Waals surface area contributed by atoms with Crippen LogP contribution in [0, 0.1) is 5.82 Å². The zero-order chi connectivity index (χ0) is 12.3. The molecule has 1 heterocycles. The van der Waals surface area contributed by atoms with E-state index in [9.17, 15) is 4.39 Å². The Labute approximate surface area is 107 Å². The Bertz CT molecular complexity index is 492. The lowest BCUT2D eigenvalue weighted by Crippen LogP contribution is -2.05. The van der Waals surface area contributed by atoms with Crippen molar-refractivity contribution in [1.82, 2.24) is 20.3 Å². The van der Waals surface area contributed by atoms with Crippen molar-refractivity contribution >= 4 is 15.9 Å². The van der Waals surface area contributed by atoms with Gasteiger partial charge >= 0.3 is 0 Å². The van der Waals surface area contributed by atoms with Crippen LogP contribution in [0.25, 0.3) is 0 Å². The van der Waals surface area contributed by atoms with E-state index in [0.717, 1.165) is 15.7 Å². The molecule has 90 valence electrons. The predicted molar refractivity (Wildman–Crippen MR) is 66.0 cm³/mol. The minimum Gasteiger partial charge on any atom is -0.314 e. The fourth-order valence-electron chi connectivity index (χ4n) is 1.57. The van der Waals surface area contributed by atoms with Crippen LogP contribution in [-0.4, -0.2) is 22.0 Å². The molecular weight excluding hydrogens is 287 g/mol. The Hall–Kier alpha value is -1.27. The highest BCUT2D eigenvalue weighted by Crippen LogP contribution is 2.15. The topological polar surface area (TPSA) is 42.7 Å². The summed E-state index contributed by atoms with van der Waals surface area (Å²) in [6, 6.07) is 4.78. The molecule has 0 unspecified atom stereocenters. The smallest absolute Gasteiger partial charge is 0.124 e. The van der Waals surface area contributed by atoms with E-state index in [-0.39, 0.29) is 5.82 Å². The molecule has 6 heteroatoms. The van der Waals surface area contributed by atoms with E-state index in [1.807, 2.05) is 19.3 Å². The molecule has 1 aromatic heterocycles. The minimum atomic E-state index is -0.259.